The van der Waals surface area contributed by atoms with Gasteiger partial charge in [0, 0.05) is 10.2 Å². The molecule has 0 unspecified atom stereocenters. The van der Waals surface area contributed by atoms with Gasteiger partial charge in [-0.25, -0.2) is 4.63 Å². The van der Waals surface area contributed by atoms with Crippen molar-refractivity contribution < 1.29 is 9.42 Å². The number of carbonyl (C=O) groups is 1. The van der Waals surface area contributed by atoms with Crippen molar-refractivity contribution in [1.82, 2.24) is 10.3 Å². The van der Waals surface area contributed by atoms with Gasteiger partial charge in [-0.3, -0.25) is 4.79 Å². The van der Waals surface area contributed by atoms with Gasteiger partial charge in [0.15, 0.2) is 5.82 Å². The fourth-order valence-electron chi connectivity index (χ4n) is 1.23. The standard InChI is InChI=1S/C10H9BrN4O2/c11-6-1-3-7(4-2-6)13-9(16)5-8-10(12)15-17-14-8/h1-4H,5H2,(H2,12,15)(H,13,16). The molecule has 1 aromatic heterocycles. The van der Waals surface area contributed by atoms with Gasteiger partial charge in [-0.2, -0.15) is 0 Å². The highest BCUT2D eigenvalue weighted by Crippen LogP contribution is 2.14. The first-order valence-electron chi connectivity index (χ1n) is 4.77. The van der Waals surface area contributed by atoms with E-state index in [1.54, 1.807) is 12.1 Å². The zero-order valence-electron chi connectivity index (χ0n) is 8.68. The van der Waals surface area contributed by atoms with E-state index in [1.807, 2.05) is 12.1 Å². The molecule has 6 nitrogen and oxygen atoms in total. The number of hydrogen-bond donors (Lipinski definition) is 2. The van der Waals surface area contributed by atoms with E-state index in [0.29, 0.717) is 11.4 Å². The maximum Gasteiger partial charge on any atom is 0.230 e. The molecule has 0 radical (unpaired) electrons. The summed E-state index contributed by atoms with van der Waals surface area (Å²) < 4.78 is 5.35. The summed E-state index contributed by atoms with van der Waals surface area (Å²) in [5.74, 6) is -0.0920. The molecule has 0 bridgehead atoms. The highest BCUT2D eigenvalue weighted by Gasteiger charge is 2.11. The number of aromatic nitrogens is 2. The number of nitrogen functional groups attached to an aromatic ring is 1. The minimum Gasteiger partial charge on any atom is -0.379 e. The zero-order chi connectivity index (χ0) is 12.3. The minimum atomic E-state index is -0.227. The van der Waals surface area contributed by atoms with Crippen LogP contribution in [0.25, 0.3) is 0 Å². The van der Waals surface area contributed by atoms with E-state index in [9.17, 15) is 4.79 Å². The molecule has 1 amide bonds. The third kappa shape index (κ3) is 3.04. The molecule has 0 atom stereocenters. The summed E-state index contributed by atoms with van der Waals surface area (Å²) >= 11 is 3.31. The number of rotatable bonds is 3. The maximum absolute atomic E-state index is 11.6. The second kappa shape index (κ2) is 4.96. The Hall–Kier alpha value is -1.89. The Bertz CT molecular complexity index is 523. The van der Waals surface area contributed by atoms with Crippen LogP contribution in [-0.2, 0) is 11.2 Å². The van der Waals surface area contributed by atoms with Crippen LogP contribution in [-0.4, -0.2) is 16.2 Å². The molecule has 0 aliphatic carbocycles. The van der Waals surface area contributed by atoms with Crippen molar-refractivity contribution in [3.63, 3.8) is 0 Å². The van der Waals surface area contributed by atoms with E-state index in [4.69, 9.17) is 5.73 Å². The third-order valence-electron chi connectivity index (χ3n) is 2.04. The number of nitrogens with one attached hydrogen (secondary N) is 1. The van der Waals surface area contributed by atoms with Crippen LogP contribution in [0.4, 0.5) is 11.5 Å². The molecule has 88 valence electrons. The molecule has 17 heavy (non-hydrogen) atoms. The van der Waals surface area contributed by atoms with Crippen LogP contribution in [0.2, 0.25) is 0 Å². The Morgan fingerprint density at radius 3 is 2.65 bits per heavy atom. The maximum atomic E-state index is 11.6. The first-order valence-corrected chi connectivity index (χ1v) is 5.57. The summed E-state index contributed by atoms with van der Waals surface area (Å²) in [6.45, 7) is 0. The molecule has 0 fully saturated rings. The summed E-state index contributed by atoms with van der Waals surface area (Å²) in [7, 11) is 0. The molecule has 3 N–H and O–H groups in total. The lowest BCUT2D eigenvalue weighted by atomic mass is 10.2. The molecule has 0 saturated heterocycles. The molecule has 0 spiro atoms. The predicted octanol–water partition coefficient (Wildman–Crippen LogP) is 1.60. The predicted molar refractivity (Wildman–Crippen MR) is 65.2 cm³/mol. The number of halogens is 1. The molecule has 2 rings (SSSR count). The van der Waals surface area contributed by atoms with Gasteiger partial charge in [-0.15, -0.1) is 0 Å². The van der Waals surface area contributed by atoms with Crippen molar-refractivity contribution in [2.24, 2.45) is 0 Å². The Morgan fingerprint density at radius 1 is 1.35 bits per heavy atom. The Balaban J connectivity index is 1.98. The number of nitrogens with two attached hydrogens (primary N) is 1. The summed E-state index contributed by atoms with van der Waals surface area (Å²) in [6.07, 6.45) is 0.0331. The lowest BCUT2D eigenvalue weighted by Crippen LogP contribution is -2.15. The van der Waals surface area contributed by atoms with E-state index in [1.165, 1.54) is 0 Å². The molecular weight excluding hydrogens is 288 g/mol. The summed E-state index contributed by atoms with van der Waals surface area (Å²) in [5, 5.41) is 9.64. The van der Waals surface area contributed by atoms with Crippen LogP contribution in [0.3, 0.4) is 0 Å². The largest absolute Gasteiger partial charge is 0.379 e. The number of hydrogen-bond acceptors (Lipinski definition) is 5. The summed E-state index contributed by atoms with van der Waals surface area (Å²) in [4.78, 5) is 11.6. The van der Waals surface area contributed by atoms with Gasteiger partial charge < -0.3 is 11.1 Å². The number of nitrogens with zero attached hydrogens (tertiary/aromatic N) is 2. The van der Waals surface area contributed by atoms with Crippen LogP contribution in [0.1, 0.15) is 5.69 Å². The summed E-state index contributed by atoms with van der Waals surface area (Å²) in [5.41, 5.74) is 6.48. The molecular formula is C10H9BrN4O2. The lowest BCUT2D eigenvalue weighted by Gasteiger charge is -2.03. The van der Waals surface area contributed by atoms with Crippen LogP contribution in [0.15, 0.2) is 33.4 Å². The van der Waals surface area contributed by atoms with E-state index >= 15 is 0 Å². The Kier molecular flexibility index (Phi) is 3.38. The third-order valence-corrected chi connectivity index (χ3v) is 2.57. The van der Waals surface area contributed by atoms with Crippen molar-refractivity contribution in [2.45, 2.75) is 6.42 Å². The van der Waals surface area contributed by atoms with Crippen LogP contribution < -0.4 is 11.1 Å². The molecule has 2 aromatic rings. The number of amides is 1. The quantitative estimate of drug-likeness (QED) is 0.897. The minimum absolute atomic E-state index is 0.0331. The summed E-state index contributed by atoms with van der Waals surface area (Å²) in [6, 6.07) is 7.24. The van der Waals surface area contributed by atoms with Gasteiger partial charge in [-0.1, -0.05) is 21.1 Å². The number of carbonyl (C=O) groups excluding carboxylic acids is 1. The van der Waals surface area contributed by atoms with Gasteiger partial charge >= 0.3 is 0 Å². The number of anilines is 2. The van der Waals surface area contributed by atoms with E-state index < -0.39 is 0 Å². The van der Waals surface area contributed by atoms with E-state index in [-0.39, 0.29) is 18.1 Å². The van der Waals surface area contributed by atoms with Gasteiger partial charge in [0.2, 0.25) is 5.91 Å². The molecule has 1 aromatic carbocycles. The van der Waals surface area contributed by atoms with Crippen molar-refractivity contribution in [2.75, 3.05) is 11.1 Å². The van der Waals surface area contributed by atoms with Crippen LogP contribution in [0.5, 0.6) is 0 Å². The monoisotopic (exact) mass is 296 g/mol. The van der Waals surface area contributed by atoms with Crippen molar-refractivity contribution in [3.05, 3.63) is 34.4 Å². The fourth-order valence-corrected chi connectivity index (χ4v) is 1.49. The van der Waals surface area contributed by atoms with Gasteiger partial charge in [0.25, 0.3) is 0 Å². The topological polar surface area (TPSA) is 94.0 Å². The Labute approximate surface area is 105 Å². The normalized spacial score (nSPS) is 10.2. The molecule has 0 aliphatic rings. The van der Waals surface area contributed by atoms with Crippen molar-refractivity contribution >= 4 is 33.3 Å². The first-order chi connectivity index (χ1) is 8.15. The van der Waals surface area contributed by atoms with Gasteiger partial charge in [-0.05, 0) is 29.4 Å². The van der Waals surface area contributed by atoms with Crippen molar-refractivity contribution in [1.29, 1.82) is 0 Å². The lowest BCUT2D eigenvalue weighted by molar-refractivity contribution is -0.115. The molecule has 0 saturated carbocycles. The Morgan fingerprint density at radius 2 is 2.06 bits per heavy atom. The van der Waals surface area contributed by atoms with Gasteiger partial charge in [0.05, 0.1) is 6.42 Å². The smallest absolute Gasteiger partial charge is 0.230 e. The van der Waals surface area contributed by atoms with Crippen LogP contribution in [0, 0.1) is 0 Å². The number of benzene rings is 1. The second-order valence-corrected chi connectivity index (χ2v) is 4.24. The molecule has 0 aliphatic heterocycles. The SMILES string of the molecule is Nc1nonc1CC(=O)Nc1ccc(Br)cc1. The zero-order valence-corrected chi connectivity index (χ0v) is 10.3. The van der Waals surface area contributed by atoms with E-state index in [0.717, 1.165) is 4.47 Å². The molecule has 7 heteroatoms. The second-order valence-electron chi connectivity index (χ2n) is 3.33. The molecule has 1 heterocycles. The highest BCUT2D eigenvalue weighted by atomic mass is 79.9. The van der Waals surface area contributed by atoms with Gasteiger partial charge in [0.1, 0.15) is 5.69 Å². The van der Waals surface area contributed by atoms with E-state index in [2.05, 4.69) is 36.2 Å². The van der Waals surface area contributed by atoms with Crippen molar-refractivity contribution in [3.8, 4) is 0 Å². The highest BCUT2D eigenvalue weighted by molar-refractivity contribution is 9.10. The average molecular weight is 297 g/mol. The average Bonchev–Trinajstić information content (AvgIpc) is 2.68. The first kappa shape index (κ1) is 11.6. The van der Waals surface area contributed by atoms with Crippen LogP contribution >= 0.6 is 15.9 Å². The fraction of sp³-hybridized carbons (Fsp3) is 0.100.